The maximum atomic E-state index is 11.5. The van der Waals surface area contributed by atoms with Gasteiger partial charge in [0.05, 0.1) is 0 Å². The Hall–Kier alpha value is -1.30. The SMILES string of the molecule is COCCCC(NC(=O)NCC1CC1C)C(=O)O. The summed E-state index contributed by atoms with van der Waals surface area (Å²) in [5.41, 5.74) is 0. The normalized spacial score (nSPS) is 23.2. The van der Waals surface area contributed by atoms with Gasteiger partial charge in [0, 0.05) is 20.3 Å². The largest absolute Gasteiger partial charge is 0.480 e. The zero-order valence-electron chi connectivity index (χ0n) is 10.9. The maximum Gasteiger partial charge on any atom is 0.326 e. The highest BCUT2D eigenvalue weighted by Crippen LogP contribution is 2.36. The summed E-state index contributed by atoms with van der Waals surface area (Å²) in [6, 6.07) is -1.25. The number of carboxylic acid groups (broad SMARTS) is 1. The van der Waals surface area contributed by atoms with E-state index in [0.29, 0.717) is 37.8 Å². The van der Waals surface area contributed by atoms with Crippen molar-refractivity contribution in [3.63, 3.8) is 0 Å². The first-order valence-corrected chi connectivity index (χ1v) is 6.30. The van der Waals surface area contributed by atoms with Gasteiger partial charge in [0.25, 0.3) is 0 Å². The van der Waals surface area contributed by atoms with E-state index in [0.717, 1.165) is 6.42 Å². The minimum Gasteiger partial charge on any atom is -0.480 e. The van der Waals surface area contributed by atoms with Crippen LogP contribution in [0.15, 0.2) is 0 Å². The predicted molar refractivity (Wildman–Crippen MR) is 66.3 cm³/mol. The van der Waals surface area contributed by atoms with Crippen LogP contribution in [0.25, 0.3) is 0 Å². The topological polar surface area (TPSA) is 87.7 Å². The highest BCUT2D eigenvalue weighted by molar-refractivity contribution is 5.82. The number of carbonyl (C=O) groups excluding carboxylic acids is 1. The highest BCUT2D eigenvalue weighted by atomic mass is 16.5. The summed E-state index contributed by atoms with van der Waals surface area (Å²) in [5, 5.41) is 14.1. The summed E-state index contributed by atoms with van der Waals surface area (Å²) < 4.78 is 4.85. The van der Waals surface area contributed by atoms with Crippen LogP contribution < -0.4 is 10.6 Å². The fourth-order valence-electron chi connectivity index (χ4n) is 1.81. The van der Waals surface area contributed by atoms with Crippen molar-refractivity contribution in [3.8, 4) is 0 Å². The average molecular weight is 258 g/mol. The van der Waals surface area contributed by atoms with Crippen LogP contribution in [0.2, 0.25) is 0 Å². The molecule has 0 aliphatic heterocycles. The Labute approximate surface area is 107 Å². The van der Waals surface area contributed by atoms with Crippen LogP contribution in [-0.4, -0.2) is 43.4 Å². The maximum absolute atomic E-state index is 11.5. The minimum atomic E-state index is -1.01. The van der Waals surface area contributed by atoms with Gasteiger partial charge in [-0.15, -0.1) is 0 Å². The molecule has 1 fully saturated rings. The number of methoxy groups -OCH3 is 1. The molecule has 2 amide bonds. The van der Waals surface area contributed by atoms with E-state index < -0.39 is 18.0 Å². The molecule has 0 bridgehead atoms. The second kappa shape index (κ2) is 7.20. The molecule has 18 heavy (non-hydrogen) atoms. The van der Waals surface area contributed by atoms with Gasteiger partial charge >= 0.3 is 12.0 Å². The number of carbonyl (C=O) groups is 2. The summed E-state index contributed by atoms with van der Waals surface area (Å²) >= 11 is 0. The first-order valence-electron chi connectivity index (χ1n) is 6.30. The fraction of sp³-hybridized carbons (Fsp3) is 0.833. The van der Waals surface area contributed by atoms with Gasteiger partial charge < -0.3 is 20.5 Å². The zero-order chi connectivity index (χ0) is 13.5. The van der Waals surface area contributed by atoms with Crippen molar-refractivity contribution in [3.05, 3.63) is 0 Å². The molecule has 0 aromatic rings. The molecule has 0 saturated heterocycles. The van der Waals surface area contributed by atoms with Crippen molar-refractivity contribution in [2.24, 2.45) is 11.8 Å². The van der Waals surface area contributed by atoms with Gasteiger partial charge in [0.15, 0.2) is 0 Å². The molecule has 1 rings (SSSR count). The van der Waals surface area contributed by atoms with Gasteiger partial charge in [0.1, 0.15) is 6.04 Å². The predicted octanol–water partition coefficient (Wildman–Crippen LogP) is 0.821. The van der Waals surface area contributed by atoms with Gasteiger partial charge in [0.2, 0.25) is 0 Å². The standard InChI is InChI=1S/C12H22N2O4/c1-8-6-9(8)7-13-12(17)14-10(11(15)16)4-3-5-18-2/h8-10H,3-7H2,1-2H3,(H,15,16)(H2,13,14,17). The van der Waals surface area contributed by atoms with Gasteiger partial charge in [-0.2, -0.15) is 0 Å². The number of nitrogens with one attached hydrogen (secondary N) is 2. The van der Waals surface area contributed by atoms with E-state index in [1.165, 1.54) is 0 Å². The number of hydrogen-bond donors (Lipinski definition) is 3. The lowest BCUT2D eigenvalue weighted by atomic mass is 10.1. The Bertz CT molecular complexity index is 296. The molecule has 0 aromatic heterocycles. The molecule has 1 saturated carbocycles. The zero-order valence-corrected chi connectivity index (χ0v) is 10.9. The summed E-state index contributed by atoms with van der Waals surface area (Å²) in [5.74, 6) is 0.204. The molecule has 0 aromatic carbocycles. The first kappa shape index (κ1) is 14.8. The van der Waals surface area contributed by atoms with Crippen molar-refractivity contribution in [1.29, 1.82) is 0 Å². The lowest BCUT2D eigenvalue weighted by Gasteiger charge is -2.14. The van der Waals surface area contributed by atoms with Crippen LogP contribution >= 0.6 is 0 Å². The van der Waals surface area contributed by atoms with Crippen LogP contribution in [0.4, 0.5) is 4.79 Å². The molecule has 0 spiro atoms. The summed E-state index contributed by atoms with van der Waals surface area (Å²) in [6.07, 6.45) is 2.11. The van der Waals surface area contributed by atoms with E-state index in [4.69, 9.17) is 9.84 Å². The van der Waals surface area contributed by atoms with Crippen LogP contribution in [0.5, 0.6) is 0 Å². The number of aliphatic carboxylic acids is 1. The minimum absolute atomic E-state index is 0.371. The molecule has 3 N–H and O–H groups in total. The molecule has 6 nitrogen and oxygen atoms in total. The van der Waals surface area contributed by atoms with Crippen LogP contribution in [0, 0.1) is 11.8 Å². The average Bonchev–Trinajstić information content (AvgIpc) is 3.01. The lowest BCUT2D eigenvalue weighted by Crippen LogP contribution is -2.46. The number of carboxylic acids is 1. The third kappa shape index (κ3) is 5.35. The third-order valence-corrected chi connectivity index (χ3v) is 3.25. The summed E-state index contributed by atoms with van der Waals surface area (Å²) in [6.45, 7) is 3.25. The molecular formula is C12H22N2O4. The second-order valence-corrected chi connectivity index (χ2v) is 4.85. The Morgan fingerprint density at radius 1 is 1.50 bits per heavy atom. The second-order valence-electron chi connectivity index (χ2n) is 4.85. The van der Waals surface area contributed by atoms with Crippen molar-refractivity contribution in [1.82, 2.24) is 10.6 Å². The molecule has 1 aliphatic carbocycles. The van der Waals surface area contributed by atoms with Gasteiger partial charge in [-0.25, -0.2) is 9.59 Å². The van der Waals surface area contributed by atoms with E-state index in [1.807, 2.05) is 0 Å². The molecule has 1 aliphatic rings. The molecule has 3 atom stereocenters. The monoisotopic (exact) mass is 258 g/mol. The van der Waals surface area contributed by atoms with E-state index in [-0.39, 0.29) is 0 Å². The Morgan fingerprint density at radius 3 is 2.67 bits per heavy atom. The van der Waals surface area contributed by atoms with E-state index >= 15 is 0 Å². The van der Waals surface area contributed by atoms with Crippen molar-refractivity contribution in [2.75, 3.05) is 20.3 Å². The number of amides is 2. The lowest BCUT2D eigenvalue weighted by molar-refractivity contribution is -0.139. The molecule has 3 unspecified atom stereocenters. The molecule has 0 heterocycles. The first-order chi connectivity index (χ1) is 8.54. The number of urea groups is 1. The van der Waals surface area contributed by atoms with E-state index in [9.17, 15) is 9.59 Å². The van der Waals surface area contributed by atoms with Gasteiger partial charge in [-0.05, 0) is 31.1 Å². The van der Waals surface area contributed by atoms with Gasteiger partial charge in [-0.3, -0.25) is 0 Å². The molecular weight excluding hydrogens is 236 g/mol. The van der Waals surface area contributed by atoms with Crippen molar-refractivity contribution in [2.45, 2.75) is 32.2 Å². The Morgan fingerprint density at radius 2 is 2.17 bits per heavy atom. The van der Waals surface area contributed by atoms with Crippen LogP contribution in [-0.2, 0) is 9.53 Å². The van der Waals surface area contributed by atoms with Crippen LogP contribution in [0.1, 0.15) is 26.2 Å². The fourth-order valence-corrected chi connectivity index (χ4v) is 1.81. The third-order valence-electron chi connectivity index (χ3n) is 3.25. The number of rotatable bonds is 8. The number of ether oxygens (including phenoxy) is 1. The van der Waals surface area contributed by atoms with Crippen LogP contribution in [0.3, 0.4) is 0 Å². The summed E-state index contributed by atoms with van der Waals surface area (Å²) in [4.78, 5) is 22.5. The highest BCUT2D eigenvalue weighted by Gasteiger charge is 2.32. The quantitative estimate of drug-likeness (QED) is 0.562. The molecule has 0 radical (unpaired) electrons. The molecule has 6 heteroatoms. The van der Waals surface area contributed by atoms with Gasteiger partial charge in [-0.1, -0.05) is 6.92 Å². The van der Waals surface area contributed by atoms with E-state index in [2.05, 4.69) is 17.6 Å². The summed E-state index contributed by atoms with van der Waals surface area (Å²) in [7, 11) is 1.56. The Kier molecular flexibility index (Phi) is 5.91. The van der Waals surface area contributed by atoms with E-state index in [1.54, 1.807) is 7.11 Å². The Balaban J connectivity index is 2.21. The number of hydrogen-bond acceptors (Lipinski definition) is 3. The van der Waals surface area contributed by atoms with Crippen molar-refractivity contribution < 1.29 is 19.4 Å². The smallest absolute Gasteiger partial charge is 0.326 e. The molecule has 104 valence electrons. The van der Waals surface area contributed by atoms with Crippen molar-refractivity contribution >= 4 is 12.0 Å².